The van der Waals surface area contributed by atoms with E-state index in [-0.39, 0.29) is 5.83 Å². The maximum atomic E-state index is 12.6. The van der Waals surface area contributed by atoms with E-state index in [2.05, 4.69) is 5.32 Å². The zero-order valence-electron chi connectivity index (χ0n) is 7.16. The Kier molecular flexibility index (Phi) is 2.32. The van der Waals surface area contributed by atoms with E-state index >= 15 is 0 Å². The second-order valence-corrected chi connectivity index (χ2v) is 3.00. The highest BCUT2D eigenvalue weighted by Crippen LogP contribution is 2.19. The maximum absolute atomic E-state index is 12.6. The Labute approximate surface area is 67.0 Å². The third-order valence-electron chi connectivity index (χ3n) is 1.70. The first-order valence-electron chi connectivity index (χ1n) is 3.72. The topological polar surface area (TPSA) is 12.0 Å². The Morgan fingerprint density at radius 1 is 1.55 bits per heavy atom. The quantitative estimate of drug-likeness (QED) is 0.611. The van der Waals surface area contributed by atoms with E-state index in [1.54, 1.807) is 6.08 Å². The summed E-state index contributed by atoms with van der Waals surface area (Å²) in [6.45, 7) is 6.28. The summed E-state index contributed by atoms with van der Waals surface area (Å²) >= 11 is 0. The van der Waals surface area contributed by atoms with Crippen molar-refractivity contribution in [3.63, 3.8) is 0 Å². The van der Waals surface area contributed by atoms with Crippen molar-refractivity contribution in [3.05, 3.63) is 29.1 Å². The third-order valence-corrected chi connectivity index (χ3v) is 1.70. The van der Waals surface area contributed by atoms with E-state index in [0.29, 0.717) is 6.54 Å². The minimum absolute atomic E-state index is 0.0903. The van der Waals surface area contributed by atoms with E-state index in [0.717, 1.165) is 11.3 Å². The monoisotopic (exact) mass is 154 g/mol. The molecule has 0 aromatic rings. The molecule has 11 heavy (non-hydrogen) atoms. The lowest BCUT2D eigenvalue weighted by atomic mass is 10.0. The molecule has 1 radical (unpaired) electrons. The van der Waals surface area contributed by atoms with E-state index in [4.69, 9.17) is 0 Å². The lowest BCUT2D eigenvalue weighted by Crippen LogP contribution is -2.22. The first-order valence-corrected chi connectivity index (χ1v) is 3.72. The van der Waals surface area contributed by atoms with Gasteiger partial charge in [-0.15, -0.1) is 0 Å². The fourth-order valence-electron chi connectivity index (χ4n) is 1.24. The van der Waals surface area contributed by atoms with Crippen molar-refractivity contribution in [2.24, 2.45) is 0 Å². The molecule has 0 unspecified atom stereocenters. The molecule has 0 saturated heterocycles. The number of halogens is 1. The maximum Gasteiger partial charge on any atom is 0.119 e. The van der Waals surface area contributed by atoms with Crippen LogP contribution < -0.4 is 5.32 Å². The predicted molar refractivity (Wildman–Crippen MR) is 44.5 cm³/mol. The molecule has 0 saturated carbocycles. The van der Waals surface area contributed by atoms with E-state index < -0.39 is 0 Å². The molecule has 0 aliphatic carbocycles. The van der Waals surface area contributed by atoms with Gasteiger partial charge < -0.3 is 5.32 Å². The summed E-state index contributed by atoms with van der Waals surface area (Å²) in [5.74, 6) is 1.11. The highest BCUT2D eigenvalue weighted by molar-refractivity contribution is 5.36. The van der Waals surface area contributed by atoms with Crippen LogP contribution in [0.4, 0.5) is 4.39 Å². The lowest BCUT2D eigenvalue weighted by molar-refractivity contribution is 0.580. The number of rotatable bonds is 1. The lowest BCUT2D eigenvalue weighted by Gasteiger charge is -2.19. The minimum Gasteiger partial charge on any atom is -0.381 e. The molecule has 1 heterocycles. The van der Waals surface area contributed by atoms with Crippen LogP contribution >= 0.6 is 0 Å². The van der Waals surface area contributed by atoms with Gasteiger partial charge in [-0.25, -0.2) is 4.39 Å². The van der Waals surface area contributed by atoms with Gasteiger partial charge in [0.2, 0.25) is 0 Å². The van der Waals surface area contributed by atoms with Gasteiger partial charge in [-0.3, -0.25) is 0 Å². The summed E-state index contributed by atoms with van der Waals surface area (Å²) in [6, 6.07) is 0. The Balaban J connectivity index is 2.86. The summed E-state index contributed by atoms with van der Waals surface area (Å²) in [5, 5.41) is 3.02. The van der Waals surface area contributed by atoms with Crippen LogP contribution in [0, 0.1) is 5.92 Å². The molecule has 0 amide bonds. The standard InChI is InChI=1S/C9H13FN/c1-6(2)9-7(3)4-8(10)5-11-9/h4,11H,5H2,1-3H3. The van der Waals surface area contributed by atoms with Gasteiger partial charge >= 0.3 is 0 Å². The molecule has 1 nitrogen and oxygen atoms in total. The summed E-state index contributed by atoms with van der Waals surface area (Å²) in [7, 11) is 0. The predicted octanol–water partition coefficient (Wildman–Crippen LogP) is 2.33. The molecule has 0 aromatic carbocycles. The largest absolute Gasteiger partial charge is 0.381 e. The Morgan fingerprint density at radius 2 is 2.18 bits per heavy atom. The van der Waals surface area contributed by atoms with Crippen LogP contribution in [0.25, 0.3) is 0 Å². The second kappa shape index (κ2) is 3.07. The summed E-state index contributed by atoms with van der Waals surface area (Å²) < 4.78 is 12.6. The van der Waals surface area contributed by atoms with Gasteiger partial charge in [0, 0.05) is 11.6 Å². The molecule has 0 fully saturated rings. The molecule has 1 N–H and O–H groups in total. The minimum atomic E-state index is -0.0903. The van der Waals surface area contributed by atoms with Crippen molar-refractivity contribution in [2.75, 3.05) is 6.54 Å². The first-order chi connectivity index (χ1) is 5.11. The SMILES string of the molecule is C[C](C)C1=C(C)C=C(F)CN1. The van der Waals surface area contributed by atoms with Gasteiger partial charge in [0.25, 0.3) is 0 Å². The summed E-state index contributed by atoms with van der Waals surface area (Å²) in [4.78, 5) is 0. The van der Waals surface area contributed by atoms with Crippen LogP contribution in [-0.2, 0) is 0 Å². The Hall–Kier alpha value is -0.790. The first kappa shape index (κ1) is 8.31. The second-order valence-electron chi connectivity index (χ2n) is 3.00. The van der Waals surface area contributed by atoms with E-state index in [9.17, 15) is 4.39 Å². The molecular weight excluding hydrogens is 141 g/mol. The zero-order valence-corrected chi connectivity index (χ0v) is 7.16. The number of hydrogen-bond acceptors (Lipinski definition) is 1. The van der Waals surface area contributed by atoms with Gasteiger partial charge in [0.1, 0.15) is 5.83 Å². The molecule has 1 rings (SSSR count). The zero-order chi connectivity index (χ0) is 8.43. The fourth-order valence-corrected chi connectivity index (χ4v) is 1.24. The van der Waals surface area contributed by atoms with Crippen molar-refractivity contribution < 1.29 is 4.39 Å². The van der Waals surface area contributed by atoms with Gasteiger partial charge in [-0.1, -0.05) is 13.8 Å². The molecule has 0 spiro atoms. The van der Waals surface area contributed by atoms with Crippen molar-refractivity contribution in [1.29, 1.82) is 0 Å². The highest BCUT2D eigenvalue weighted by Gasteiger charge is 2.11. The van der Waals surface area contributed by atoms with Crippen LogP contribution in [0.5, 0.6) is 0 Å². The van der Waals surface area contributed by atoms with Crippen molar-refractivity contribution in [3.8, 4) is 0 Å². The van der Waals surface area contributed by atoms with E-state index in [1.165, 1.54) is 5.92 Å². The molecule has 0 atom stereocenters. The number of nitrogens with one attached hydrogen (secondary N) is 1. The molecule has 0 aromatic heterocycles. The Morgan fingerprint density at radius 3 is 2.64 bits per heavy atom. The summed E-state index contributed by atoms with van der Waals surface area (Å²) in [5.41, 5.74) is 2.06. The number of allylic oxidation sites excluding steroid dienone is 3. The van der Waals surface area contributed by atoms with Crippen LogP contribution in [0.3, 0.4) is 0 Å². The molecule has 2 heteroatoms. The smallest absolute Gasteiger partial charge is 0.119 e. The molecule has 1 aliphatic heterocycles. The van der Waals surface area contributed by atoms with Crippen LogP contribution in [0.1, 0.15) is 20.8 Å². The average molecular weight is 154 g/mol. The van der Waals surface area contributed by atoms with Crippen molar-refractivity contribution in [1.82, 2.24) is 5.32 Å². The van der Waals surface area contributed by atoms with E-state index in [1.807, 2.05) is 20.8 Å². The van der Waals surface area contributed by atoms with Crippen LogP contribution in [0.2, 0.25) is 0 Å². The van der Waals surface area contributed by atoms with Gasteiger partial charge in [-0.2, -0.15) is 0 Å². The molecule has 61 valence electrons. The third kappa shape index (κ3) is 1.82. The van der Waals surface area contributed by atoms with Gasteiger partial charge in [0.15, 0.2) is 0 Å². The molecule has 0 bridgehead atoms. The van der Waals surface area contributed by atoms with Gasteiger partial charge in [-0.05, 0) is 18.6 Å². The van der Waals surface area contributed by atoms with Crippen LogP contribution in [-0.4, -0.2) is 6.54 Å². The number of dihydropyridines is 1. The van der Waals surface area contributed by atoms with Crippen molar-refractivity contribution in [2.45, 2.75) is 20.8 Å². The Bertz CT molecular complexity index is 214. The fraction of sp³-hybridized carbons (Fsp3) is 0.444. The average Bonchev–Trinajstić information content (AvgIpc) is 1.85. The molecule has 1 aliphatic rings. The molecular formula is C9H13FN. The number of hydrogen-bond donors (Lipinski definition) is 1. The highest BCUT2D eigenvalue weighted by atomic mass is 19.1. The van der Waals surface area contributed by atoms with Crippen LogP contribution in [0.15, 0.2) is 23.2 Å². The summed E-state index contributed by atoms with van der Waals surface area (Å²) in [6.07, 6.45) is 1.58. The van der Waals surface area contributed by atoms with Gasteiger partial charge in [0.05, 0.1) is 6.54 Å². The normalized spacial score (nSPS) is 18.5. The van der Waals surface area contributed by atoms with Crippen molar-refractivity contribution >= 4 is 0 Å².